The molecule has 0 radical (unpaired) electrons. The molecule has 0 saturated carbocycles. The lowest BCUT2D eigenvalue weighted by Gasteiger charge is -2.34. The van der Waals surface area contributed by atoms with E-state index in [0.29, 0.717) is 19.4 Å². The van der Waals surface area contributed by atoms with Crippen LogP contribution in [0.15, 0.2) is 24.3 Å². The van der Waals surface area contributed by atoms with Gasteiger partial charge in [-0.15, -0.1) is 0 Å². The number of nitrogens with zero attached hydrogens (tertiary/aromatic N) is 1. The highest BCUT2D eigenvalue weighted by atomic mass is 35.5. The topological polar surface area (TPSA) is 40.5 Å². The summed E-state index contributed by atoms with van der Waals surface area (Å²) in [6, 6.07) is 7.65. The van der Waals surface area contributed by atoms with Gasteiger partial charge in [-0.3, -0.25) is 4.79 Å². The van der Waals surface area contributed by atoms with Crippen LogP contribution in [0.3, 0.4) is 0 Å². The Morgan fingerprint density at radius 1 is 1.50 bits per heavy atom. The Balaban J connectivity index is 1.87. The van der Waals surface area contributed by atoms with Crippen molar-refractivity contribution in [2.24, 2.45) is 5.92 Å². The number of aryl methyl sites for hydroxylation is 1. The summed E-state index contributed by atoms with van der Waals surface area (Å²) in [5, 5.41) is 10.4. The molecule has 3 nitrogen and oxygen atoms in total. The zero-order chi connectivity index (χ0) is 14.5. The van der Waals surface area contributed by atoms with Crippen LogP contribution in [-0.2, 0) is 11.2 Å². The summed E-state index contributed by atoms with van der Waals surface area (Å²) < 4.78 is 0. The van der Waals surface area contributed by atoms with E-state index in [9.17, 15) is 9.90 Å². The number of amides is 1. The van der Waals surface area contributed by atoms with Crippen molar-refractivity contribution in [3.8, 4) is 0 Å². The van der Waals surface area contributed by atoms with E-state index in [2.05, 4.69) is 0 Å². The summed E-state index contributed by atoms with van der Waals surface area (Å²) in [5.41, 5.74) is 1.02. The van der Waals surface area contributed by atoms with E-state index >= 15 is 0 Å². The minimum atomic E-state index is -0.339. The molecule has 1 fully saturated rings. The molecule has 1 N–H and O–H groups in total. The molecular formula is C16H22ClNO2. The molecule has 2 unspecified atom stereocenters. The Morgan fingerprint density at radius 2 is 2.25 bits per heavy atom. The summed E-state index contributed by atoms with van der Waals surface area (Å²) in [6.07, 6.45) is 2.80. The maximum Gasteiger partial charge on any atom is 0.222 e. The lowest BCUT2D eigenvalue weighted by molar-refractivity contribution is -0.133. The Kier molecular flexibility index (Phi) is 5.44. The molecule has 20 heavy (non-hydrogen) atoms. The number of aliphatic hydroxyl groups excluding tert-OH is 1. The van der Waals surface area contributed by atoms with E-state index in [4.69, 9.17) is 11.6 Å². The van der Waals surface area contributed by atoms with Crippen LogP contribution in [-0.4, -0.2) is 35.1 Å². The normalized spacial score (nSPS) is 20.8. The van der Waals surface area contributed by atoms with Crippen molar-refractivity contribution in [2.45, 2.75) is 38.7 Å². The van der Waals surface area contributed by atoms with Crippen LogP contribution < -0.4 is 0 Å². The molecular weight excluding hydrogens is 274 g/mol. The van der Waals surface area contributed by atoms with Crippen LogP contribution in [0.5, 0.6) is 0 Å². The smallest absolute Gasteiger partial charge is 0.222 e. The van der Waals surface area contributed by atoms with Gasteiger partial charge in [-0.2, -0.15) is 0 Å². The molecule has 0 bridgehead atoms. The predicted octanol–water partition coefficient (Wildman–Crippen LogP) is 2.89. The highest BCUT2D eigenvalue weighted by Gasteiger charge is 2.26. The molecule has 1 aromatic carbocycles. The second-order valence-electron chi connectivity index (χ2n) is 5.57. The maximum atomic E-state index is 12.3. The molecule has 0 spiro atoms. The molecule has 1 saturated heterocycles. The first-order valence-electron chi connectivity index (χ1n) is 7.27. The standard InChI is InChI=1S/C16H22ClNO2/c1-12(19)14-6-4-10-18(11-14)16(20)9-8-13-5-2-3-7-15(13)17/h2-3,5,7,12,14,19H,4,6,8-11H2,1H3. The Hall–Kier alpha value is -1.06. The largest absolute Gasteiger partial charge is 0.393 e. The highest BCUT2D eigenvalue weighted by molar-refractivity contribution is 6.31. The first-order valence-corrected chi connectivity index (χ1v) is 7.65. The van der Waals surface area contributed by atoms with Gasteiger partial charge in [0.2, 0.25) is 5.91 Å². The number of hydrogen-bond donors (Lipinski definition) is 1. The minimum Gasteiger partial charge on any atom is -0.393 e. The number of likely N-dealkylation sites (tertiary alicyclic amines) is 1. The third-order valence-electron chi connectivity index (χ3n) is 4.06. The van der Waals surface area contributed by atoms with E-state index in [1.54, 1.807) is 0 Å². The molecule has 1 aliphatic heterocycles. The van der Waals surface area contributed by atoms with Crippen molar-refractivity contribution in [1.29, 1.82) is 0 Å². The van der Waals surface area contributed by atoms with Gasteiger partial charge in [0.25, 0.3) is 0 Å². The van der Waals surface area contributed by atoms with Crippen molar-refractivity contribution in [3.05, 3.63) is 34.9 Å². The second-order valence-corrected chi connectivity index (χ2v) is 5.98. The molecule has 2 rings (SSSR count). The summed E-state index contributed by atoms with van der Waals surface area (Å²) in [6.45, 7) is 3.30. The third kappa shape index (κ3) is 3.97. The molecule has 1 aliphatic rings. The first kappa shape index (κ1) is 15.3. The number of halogens is 1. The average molecular weight is 296 g/mol. The van der Waals surface area contributed by atoms with Crippen molar-refractivity contribution < 1.29 is 9.90 Å². The average Bonchev–Trinajstić information content (AvgIpc) is 2.46. The van der Waals surface area contributed by atoms with Gasteiger partial charge < -0.3 is 10.0 Å². The number of hydrogen-bond acceptors (Lipinski definition) is 2. The van der Waals surface area contributed by atoms with Crippen LogP contribution in [0.2, 0.25) is 5.02 Å². The number of rotatable bonds is 4. The highest BCUT2D eigenvalue weighted by Crippen LogP contribution is 2.21. The van der Waals surface area contributed by atoms with Crippen molar-refractivity contribution in [1.82, 2.24) is 4.90 Å². The van der Waals surface area contributed by atoms with E-state index in [-0.39, 0.29) is 17.9 Å². The molecule has 2 atom stereocenters. The minimum absolute atomic E-state index is 0.162. The molecule has 4 heteroatoms. The van der Waals surface area contributed by atoms with Crippen LogP contribution in [0, 0.1) is 5.92 Å². The number of carbonyl (C=O) groups is 1. The van der Waals surface area contributed by atoms with E-state index in [0.717, 1.165) is 30.0 Å². The molecule has 1 amide bonds. The monoisotopic (exact) mass is 295 g/mol. The molecule has 110 valence electrons. The molecule has 0 aromatic heterocycles. The second kappa shape index (κ2) is 7.09. The number of aliphatic hydroxyl groups is 1. The zero-order valence-electron chi connectivity index (χ0n) is 11.9. The third-order valence-corrected chi connectivity index (χ3v) is 4.43. The van der Waals surface area contributed by atoms with Crippen LogP contribution in [0.4, 0.5) is 0 Å². The quantitative estimate of drug-likeness (QED) is 0.928. The van der Waals surface area contributed by atoms with Gasteiger partial charge in [-0.25, -0.2) is 0 Å². The van der Waals surface area contributed by atoms with Gasteiger partial charge in [-0.1, -0.05) is 29.8 Å². The van der Waals surface area contributed by atoms with Crippen LogP contribution in [0.1, 0.15) is 31.7 Å². The fourth-order valence-corrected chi connectivity index (χ4v) is 2.96. The Bertz CT molecular complexity index is 462. The summed E-state index contributed by atoms with van der Waals surface area (Å²) in [7, 11) is 0. The van der Waals surface area contributed by atoms with Crippen LogP contribution >= 0.6 is 11.6 Å². The van der Waals surface area contributed by atoms with E-state index in [1.807, 2.05) is 36.1 Å². The number of benzene rings is 1. The molecule has 1 heterocycles. The van der Waals surface area contributed by atoms with Crippen LogP contribution in [0.25, 0.3) is 0 Å². The van der Waals surface area contributed by atoms with Gasteiger partial charge in [-0.05, 0) is 37.8 Å². The van der Waals surface area contributed by atoms with Gasteiger partial charge in [0.05, 0.1) is 6.10 Å². The lowest BCUT2D eigenvalue weighted by Crippen LogP contribution is -2.43. The SMILES string of the molecule is CC(O)C1CCCN(C(=O)CCc2ccccc2Cl)C1. The Labute approximate surface area is 125 Å². The van der Waals surface area contributed by atoms with Gasteiger partial charge in [0.15, 0.2) is 0 Å². The van der Waals surface area contributed by atoms with E-state index in [1.165, 1.54) is 0 Å². The number of piperidine rings is 1. The van der Waals surface area contributed by atoms with Crippen molar-refractivity contribution in [2.75, 3.05) is 13.1 Å². The first-order chi connectivity index (χ1) is 9.58. The van der Waals surface area contributed by atoms with Crippen molar-refractivity contribution in [3.63, 3.8) is 0 Å². The summed E-state index contributed by atoms with van der Waals surface area (Å²) >= 11 is 6.10. The van der Waals surface area contributed by atoms with Gasteiger partial charge in [0, 0.05) is 30.5 Å². The lowest BCUT2D eigenvalue weighted by atomic mass is 9.93. The van der Waals surface area contributed by atoms with Gasteiger partial charge >= 0.3 is 0 Å². The zero-order valence-corrected chi connectivity index (χ0v) is 12.6. The summed E-state index contributed by atoms with van der Waals surface area (Å²) in [5.74, 6) is 0.378. The van der Waals surface area contributed by atoms with E-state index < -0.39 is 0 Å². The maximum absolute atomic E-state index is 12.3. The van der Waals surface area contributed by atoms with Crippen molar-refractivity contribution >= 4 is 17.5 Å². The van der Waals surface area contributed by atoms with Gasteiger partial charge in [0.1, 0.15) is 0 Å². The predicted molar refractivity (Wildman–Crippen MR) is 80.8 cm³/mol. The number of carbonyl (C=O) groups excluding carboxylic acids is 1. The summed E-state index contributed by atoms with van der Waals surface area (Å²) in [4.78, 5) is 14.1. The molecule has 1 aromatic rings. The molecule has 0 aliphatic carbocycles. The Morgan fingerprint density at radius 3 is 2.95 bits per heavy atom. The fourth-order valence-electron chi connectivity index (χ4n) is 2.73. The fraction of sp³-hybridized carbons (Fsp3) is 0.562.